The van der Waals surface area contributed by atoms with E-state index < -0.39 is 0 Å². The predicted molar refractivity (Wildman–Crippen MR) is 131 cm³/mol. The highest BCUT2D eigenvalue weighted by molar-refractivity contribution is 5.88. The third-order valence-corrected chi connectivity index (χ3v) is 6.24. The van der Waals surface area contributed by atoms with Crippen LogP contribution in [-0.2, 0) is 19.3 Å². The van der Waals surface area contributed by atoms with E-state index in [1.54, 1.807) is 12.1 Å². The normalized spacial score (nSPS) is 11.2. The van der Waals surface area contributed by atoms with E-state index in [-0.39, 0.29) is 11.6 Å². The Morgan fingerprint density at radius 1 is 0.594 bits per heavy atom. The summed E-state index contributed by atoms with van der Waals surface area (Å²) in [5, 5.41) is 1.56. The Labute approximate surface area is 189 Å². The van der Waals surface area contributed by atoms with Gasteiger partial charge in [0.1, 0.15) is 11.6 Å². The van der Waals surface area contributed by atoms with E-state index in [4.69, 9.17) is 0 Å². The van der Waals surface area contributed by atoms with Crippen LogP contribution in [0.4, 0.5) is 8.78 Å². The predicted octanol–water partition coefficient (Wildman–Crippen LogP) is 8.69. The molecule has 0 atom stereocenters. The highest BCUT2D eigenvalue weighted by Gasteiger charge is 2.09. The van der Waals surface area contributed by atoms with Crippen molar-refractivity contribution < 1.29 is 8.78 Å². The fourth-order valence-electron chi connectivity index (χ4n) is 4.26. The van der Waals surface area contributed by atoms with Crippen molar-refractivity contribution in [2.24, 2.45) is 0 Å². The fourth-order valence-corrected chi connectivity index (χ4v) is 4.26. The average molecular weight is 429 g/mol. The van der Waals surface area contributed by atoms with E-state index in [1.807, 2.05) is 24.3 Å². The van der Waals surface area contributed by atoms with Crippen LogP contribution in [0.5, 0.6) is 0 Å². The molecule has 0 amide bonds. The summed E-state index contributed by atoms with van der Waals surface area (Å²) in [5.41, 5.74) is 5.35. The molecule has 0 aliphatic rings. The van der Waals surface area contributed by atoms with Gasteiger partial charge in [0.2, 0.25) is 0 Å². The standard InChI is InChI=1S/C30H30F2/c1-2-3-4-5-6-22-7-12-24(13-8-22)26-17-20-29-27(21-26)16-15-25(30(29)32)14-9-23-10-18-28(31)19-11-23/h7-8,10-13,15-21H,2-6,9,14H2,1H3. The van der Waals surface area contributed by atoms with Crippen molar-refractivity contribution >= 4 is 10.8 Å². The Morgan fingerprint density at radius 2 is 1.28 bits per heavy atom. The van der Waals surface area contributed by atoms with Crippen LogP contribution in [0.25, 0.3) is 21.9 Å². The second-order valence-corrected chi connectivity index (χ2v) is 8.61. The number of hydrogen-bond donors (Lipinski definition) is 0. The Kier molecular flexibility index (Phi) is 7.32. The average Bonchev–Trinajstić information content (AvgIpc) is 2.83. The number of benzene rings is 4. The summed E-state index contributed by atoms with van der Waals surface area (Å²) in [5.74, 6) is -0.401. The van der Waals surface area contributed by atoms with Crippen molar-refractivity contribution in [2.45, 2.75) is 51.9 Å². The zero-order chi connectivity index (χ0) is 22.3. The highest BCUT2D eigenvalue weighted by Crippen LogP contribution is 2.28. The number of rotatable bonds is 9. The first kappa shape index (κ1) is 22.2. The maximum Gasteiger partial charge on any atom is 0.134 e. The van der Waals surface area contributed by atoms with Crippen LogP contribution in [0.1, 0.15) is 49.3 Å². The van der Waals surface area contributed by atoms with Crippen LogP contribution in [0.2, 0.25) is 0 Å². The van der Waals surface area contributed by atoms with Crippen molar-refractivity contribution in [3.05, 3.63) is 107 Å². The molecule has 0 saturated carbocycles. The SMILES string of the molecule is CCCCCCc1ccc(-c2ccc3c(F)c(CCc4ccc(F)cc4)ccc3c2)cc1. The maximum atomic E-state index is 15.1. The summed E-state index contributed by atoms with van der Waals surface area (Å²) < 4.78 is 28.2. The first-order valence-electron chi connectivity index (χ1n) is 11.7. The molecule has 0 bridgehead atoms. The van der Waals surface area contributed by atoms with Crippen LogP contribution in [0.3, 0.4) is 0 Å². The van der Waals surface area contributed by atoms with E-state index in [1.165, 1.54) is 43.4 Å². The van der Waals surface area contributed by atoms with Gasteiger partial charge < -0.3 is 0 Å². The molecular formula is C30H30F2. The van der Waals surface area contributed by atoms with E-state index in [0.717, 1.165) is 28.5 Å². The minimum Gasteiger partial charge on any atom is -0.207 e. The van der Waals surface area contributed by atoms with Gasteiger partial charge in [0.25, 0.3) is 0 Å². The van der Waals surface area contributed by atoms with Crippen LogP contribution in [0.15, 0.2) is 78.9 Å². The Bertz CT molecular complexity index is 1160. The Morgan fingerprint density at radius 3 is 2.03 bits per heavy atom. The van der Waals surface area contributed by atoms with Gasteiger partial charge in [-0.3, -0.25) is 0 Å². The molecule has 4 aromatic rings. The molecule has 0 N–H and O–H groups in total. The molecule has 32 heavy (non-hydrogen) atoms. The molecule has 0 saturated heterocycles. The second-order valence-electron chi connectivity index (χ2n) is 8.61. The Balaban J connectivity index is 1.47. The molecule has 0 fully saturated rings. The quantitative estimate of drug-likeness (QED) is 0.234. The molecule has 0 aliphatic carbocycles. The van der Waals surface area contributed by atoms with E-state index in [9.17, 15) is 4.39 Å². The number of aryl methyl sites for hydroxylation is 3. The van der Waals surface area contributed by atoms with Gasteiger partial charge in [-0.15, -0.1) is 0 Å². The molecular weight excluding hydrogens is 398 g/mol. The van der Waals surface area contributed by atoms with Gasteiger partial charge in [-0.1, -0.05) is 86.8 Å². The van der Waals surface area contributed by atoms with E-state index in [2.05, 4.69) is 37.3 Å². The number of fused-ring (bicyclic) bond motifs is 1. The van der Waals surface area contributed by atoms with Crippen molar-refractivity contribution in [2.75, 3.05) is 0 Å². The van der Waals surface area contributed by atoms with Gasteiger partial charge >= 0.3 is 0 Å². The van der Waals surface area contributed by atoms with Crippen molar-refractivity contribution in [1.29, 1.82) is 0 Å². The molecule has 4 aromatic carbocycles. The van der Waals surface area contributed by atoms with Crippen LogP contribution < -0.4 is 0 Å². The Hall–Kier alpha value is -3.00. The molecule has 0 nitrogen and oxygen atoms in total. The third-order valence-electron chi connectivity index (χ3n) is 6.24. The van der Waals surface area contributed by atoms with Crippen molar-refractivity contribution in [3.8, 4) is 11.1 Å². The van der Waals surface area contributed by atoms with Crippen molar-refractivity contribution in [1.82, 2.24) is 0 Å². The first-order chi connectivity index (χ1) is 15.6. The lowest BCUT2D eigenvalue weighted by Gasteiger charge is -2.10. The number of unbranched alkanes of at least 4 members (excludes halogenated alkanes) is 3. The zero-order valence-corrected chi connectivity index (χ0v) is 18.7. The van der Waals surface area contributed by atoms with E-state index >= 15 is 4.39 Å². The van der Waals surface area contributed by atoms with Crippen LogP contribution in [0, 0.1) is 11.6 Å². The molecule has 164 valence electrons. The van der Waals surface area contributed by atoms with Gasteiger partial charge in [0.05, 0.1) is 0 Å². The summed E-state index contributed by atoms with van der Waals surface area (Å²) in [4.78, 5) is 0. The summed E-state index contributed by atoms with van der Waals surface area (Å²) in [6.45, 7) is 2.24. The maximum absolute atomic E-state index is 15.1. The fraction of sp³-hybridized carbons (Fsp3) is 0.267. The molecule has 4 rings (SSSR count). The lowest BCUT2D eigenvalue weighted by molar-refractivity contribution is 0.619. The van der Waals surface area contributed by atoms with Crippen LogP contribution >= 0.6 is 0 Å². The van der Waals surface area contributed by atoms with Gasteiger partial charge in [-0.05, 0) is 77.1 Å². The monoisotopic (exact) mass is 428 g/mol. The highest BCUT2D eigenvalue weighted by atomic mass is 19.1. The third kappa shape index (κ3) is 5.43. The molecule has 0 aliphatic heterocycles. The first-order valence-corrected chi connectivity index (χ1v) is 11.7. The molecule has 0 unspecified atom stereocenters. The summed E-state index contributed by atoms with van der Waals surface area (Å²) in [7, 11) is 0. The minimum atomic E-state index is -0.247. The molecule has 0 aromatic heterocycles. The summed E-state index contributed by atoms with van der Waals surface area (Å²) >= 11 is 0. The van der Waals surface area contributed by atoms with Gasteiger partial charge in [0, 0.05) is 5.39 Å². The smallest absolute Gasteiger partial charge is 0.134 e. The molecule has 2 heteroatoms. The number of hydrogen-bond acceptors (Lipinski definition) is 0. The van der Waals surface area contributed by atoms with Gasteiger partial charge in [-0.2, -0.15) is 0 Å². The minimum absolute atomic E-state index is 0.154. The second kappa shape index (κ2) is 10.5. The lowest BCUT2D eigenvalue weighted by Crippen LogP contribution is -1.96. The lowest BCUT2D eigenvalue weighted by atomic mass is 9.96. The van der Waals surface area contributed by atoms with Gasteiger partial charge in [0.15, 0.2) is 0 Å². The number of halogens is 2. The van der Waals surface area contributed by atoms with E-state index in [0.29, 0.717) is 23.8 Å². The summed E-state index contributed by atoms with van der Waals surface area (Å²) in [6, 6.07) is 25.0. The molecule has 0 radical (unpaired) electrons. The molecule has 0 spiro atoms. The topological polar surface area (TPSA) is 0 Å². The molecule has 0 heterocycles. The van der Waals surface area contributed by atoms with Crippen LogP contribution in [-0.4, -0.2) is 0 Å². The van der Waals surface area contributed by atoms with Gasteiger partial charge in [-0.25, -0.2) is 8.78 Å². The largest absolute Gasteiger partial charge is 0.207 e. The zero-order valence-electron chi connectivity index (χ0n) is 18.7. The summed E-state index contributed by atoms with van der Waals surface area (Å²) in [6.07, 6.45) is 7.51. The van der Waals surface area contributed by atoms with Crippen molar-refractivity contribution in [3.63, 3.8) is 0 Å².